The van der Waals surface area contributed by atoms with Crippen molar-refractivity contribution in [3.05, 3.63) is 41.1 Å². The van der Waals surface area contributed by atoms with Crippen LogP contribution in [-0.2, 0) is 19.1 Å². The summed E-state index contributed by atoms with van der Waals surface area (Å²) in [7, 11) is 1.57. The maximum absolute atomic E-state index is 12.6. The summed E-state index contributed by atoms with van der Waals surface area (Å²) < 4.78 is 16.1. The van der Waals surface area contributed by atoms with E-state index < -0.39 is 11.9 Å². The quantitative estimate of drug-likeness (QED) is 0.578. The Morgan fingerprint density at radius 1 is 1.24 bits per heavy atom. The minimum Gasteiger partial charge on any atom is -0.496 e. The Morgan fingerprint density at radius 2 is 2.00 bits per heavy atom. The molecule has 1 atom stereocenters. The fourth-order valence-corrected chi connectivity index (χ4v) is 2.91. The Morgan fingerprint density at radius 3 is 2.72 bits per heavy atom. The van der Waals surface area contributed by atoms with Gasteiger partial charge in [-0.2, -0.15) is 0 Å². The summed E-state index contributed by atoms with van der Waals surface area (Å²) in [6.45, 7) is 4.91. The first kappa shape index (κ1) is 19.0. The smallest absolute Gasteiger partial charge is 0.336 e. The molecule has 2 rings (SSSR count). The fourth-order valence-electron chi connectivity index (χ4n) is 2.91. The Labute approximate surface area is 148 Å². The molecule has 1 aromatic rings. The van der Waals surface area contributed by atoms with Gasteiger partial charge in [-0.1, -0.05) is 25.1 Å². The van der Waals surface area contributed by atoms with Crippen LogP contribution < -0.4 is 10.1 Å². The largest absolute Gasteiger partial charge is 0.496 e. The first-order valence-electron chi connectivity index (χ1n) is 8.46. The number of nitrogens with one attached hydrogen (secondary N) is 1. The second-order valence-corrected chi connectivity index (χ2v) is 5.83. The molecule has 0 bridgehead atoms. The molecule has 0 aromatic heterocycles. The van der Waals surface area contributed by atoms with E-state index in [9.17, 15) is 9.59 Å². The molecule has 0 unspecified atom stereocenters. The van der Waals surface area contributed by atoms with Gasteiger partial charge in [-0.15, -0.1) is 0 Å². The van der Waals surface area contributed by atoms with Crippen LogP contribution in [0, 0.1) is 0 Å². The van der Waals surface area contributed by atoms with Crippen LogP contribution in [0.15, 0.2) is 35.5 Å². The maximum Gasteiger partial charge on any atom is 0.336 e. The Kier molecular flexibility index (Phi) is 7.01. The third kappa shape index (κ3) is 4.82. The number of esters is 1. The summed E-state index contributed by atoms with van der Waals surface area (Å²) >= 11 is 0. The van der Waals surface area contributed by atoms with Crippen molar-refractivity contribution < 1.29 is 23.8 Å². The molecule has 0 aliphatic carbocycles. The summed E-state index contributed by atoms with van der Waals surface area (Å²) in [4.78, 5) is 24.6. The zero-order valence-corrected chi connectivity index (χ0v) is 15.0. The zero-order chi connectivity index (χ0) is 18.2. The number of ether oxygens (including phenoxy) is 3. The van der Waals surface area contributed by atoms with E-state index in [1.807, 2.05) is 31.2 Å². The number of benzene rings is 1. The van der Waals surface area contributed by atoms with Crippen molar-refractivity contribution >= 4 is 11.9 Å². The number of carbonyl (C=O) groups excluding carboxylic acids is 2. The molecular weight excluding hydrogens is 322 g/mol. The Balaban J connectivity index is 2.20. The summed E-state index contributed by atoms with van der Waals surface area (Å²) in [6.07, 6.45) is 1.09. The molecule has 0 spiro atoms. The van der Waals surface area contributed by atoms with Crippen molar-refractivity contribution in [2.75, 3.05) is 26.9 Å². The number of allylic oxidation sites excluding steroid dienone is 1. The molecule has 1 aliphatic rings. The van der Waals surface area contributed by atoms with Gasteiger partial charge in [-0.25, -0.2) is 4.79 Å². The molecule has 0 fully saturated rings. The number of hydrogen-bond donors (Lipinski definition) is 1. The first-order valence-corrected chi connectivity index (χ1v) is 8.46. The van der Waals surface area contributed by atoms with Crippen LogP contribution in [0.2, 0.25) is 0 Å². The van der Waals surface area contributed by atoms with Gasteiger partial charge in [0, 0.05) is 30.2 Å². The van der Waals surface area contributed by atoms with Gasteiger partial charge in [0.05, 0.1) is 19.3 Å². The average Bonchev–Trinajstić information content (AvgIpc) is 2.60. The number of rotatable bonds is 8. The van der Waals surface area contributed by atoms with Crippen LogP contribution in [0.4, 0.5) is 0 Å². The van der Waals surface area contributed by atoms with Crippen molar-refractivity contribution in [2.45, 2.75) is 32.6 Å². The van der Waals surface area contributed by atoms with Gasteiger partial charge in [-0.3, -0.25) is 4.79 Å². The lowest BCUT2D eigenvalue weighted by molar-refractivity contribution is -0.141. The van der Waals surface area contributed by atoms with Crippen LogP contribution in [0.1, 0.15) is 38.2 Å². The van der Waals surface area contributed by atoms with E-state index in [-0.39, 0.29) is 18.9 Å². The van der Waals surface area contributed by atoms with Gasteiger partial charge in [-0.05, 0) is 19.4 Å². The molecule has 1 aromatic carbocycles. The van der Waals surface area contributed by atoms with Gasteiger partial charge in [0.25, 0.3) is 0 Å². The van der Waals surface area contributed by atoms with Crippen molar-refractivity contribution in [2.24, 2.45) is 0 Å². The highest BCUT2D eigenvalue weighted by atomic mass is 16.6. The summed E-state index contributed by atoms with van der Waals surface area (Å²) in [5.74, 6) is -0.315. The lowest BCUT2D eigenvalue weighted by Crippen LogP contribution is -2.34. The summed E-state index contributed by atoms with van der Waals surface area (Å²) in [5, 5.41) is 2.73. The third-order valence-corrected chi connectivity index (χ3v) is 4.01. The molecular formula is C19H25NO5. The Hall–Kier alpha value is -2.34. The van der Waals surface area contributed by atoms with Gasteiger partial charge in [0.15, 0.2) is 0 Å². The third-order valence-electron chi connectivity index (χ3n) is 4.01. The molecule has 1 amide bonds. The van der Waals surface area contributed by atoms with Gasteiger partial charge in [0.1, 0.15) is 12.4 Å². The molecule has 0 radical (unpaired) electrons. The highest BCUT2D eigenvalue weighted by Crippen LogP contribution is 2.37. The number of hydrogen-bond acceptors (Lipinski definition) is 5. The van der Waals surface area contributed by atoms with Crippen molar-refractivity contribution in [1.82, 2.24) is 5.32 Å². The van der Waals surface area contributed by atoms with Crippen molar-refractivity contribution in [1.29, 1.82) is 0 Å². The van der Waals surface area contributed by atoms with Gasteiger partial charge >= 0.3 is 5.97 Å². The van der Waals surface area contributed by atoms with E-state index in [0.717, 1.165) is 12.0 Å². The van der Waals surface area contributed by atoms with E-state index in [1.54, 1.807) is 14.0 Å². The standard InChI is InChI=1S/C19H25NO5/c1-4-9-24-10-11-25-19(22)18-13(2)20-17(21)12-15(18)14-7-5-6-8-16(14)23-3/h5-8,15H,4,9-12H2,1-3H3,(H,20,21)/t15-/m1/s1. The van der Waals surface area contributed by atoms with Gasteiger partial charge in [0.2, 0.25) is 5.91 Å². The zero-order valence-electron chi connectivity index (χ0n) is 15.0. The Bertz CT molecular complexity index is 653. The topological polar surface area (TPSA) is 73.9 Å². The predicted molar refractivity (Wildman–Crippen MR) is 93.3 cm³/mol. The minimum atomic E-state index is -0.437. The molecule has 6 heteroatoms. The number of methoxy groups -OCH3 is 1. The fraction of sp³-hybridized carbons (Fsp3) is 0.474. The summed E-state index contributed by atoms with van der Waals surface area (Å²) in [6, 6.07) is 7.40. The van der Waals surface area contributed by atoms with Crippen LogP contribution in [-0.4, -0.2) is 38.8 Å². The van der Waals surface area contributed by atoms with E-state index in [2.05, 4.69) is 5.32 Å². The lowest BCUT2D eigenvalue weighted by atomic mass is 9.84. The molecule has 25 heavy (non-hydrogen) atoms. The average molecular weight is 347 g/mol. The number of para-hydroxylation sites is 1. The summed E-state index contributed by atoms with van der Waals surface area (Å²) in [5.41, 5.74) is 1.78. The maximum atomic E-state index is 12.6. The van der Waals surface area contributed by atoms with Crippen molar-refractivity contribution in [3.63, 3.8) is 0 Å². The van der Waals surface area contributed by atoms with Crippen LogP contribution in [0.25, 0.3) is 0 Å². The minimum absolute atomic E-state index is 0.128. The van der Waals surface area contributed by atoms with E-state index in [0.29, 0.717) is 30.2 Å². The number of carbonyl (C=O) groups is 2. The van der Waals surface area contributed by atoms with Gasteiger partial charge < -0.3 is 19.5 Å². The van der Waals surface area contributed by atoms with E-state index in [1.165, 1.54) is 0 Å². The second kappa shape index (κ2) is 9.22. The predicted octanol–water partition coefficient (Wildman–Crippen LogP) is 2.54. The normalized spacial score (nSPS) is 17.2. The molecule has 0 saturated carbocycles. The van der Waals surface area contributed by atoms with Crippen molar-refractivity contribution in [3.8, 4) is 5.75 Å². The van der Waals surface area contributed by atoms with E-state index in [4.69, 9.17) is 14.2 Å². The monoisotopic (exact) mass is 347 g/mol. The number of amides is 1. The molecule has 136 valence electrons. The van der Waals surface area contributed by atoms with Crippen LogP contribution >= 0.6 is 0 Å². The molecule has 1 N–H and O–H groups in total. The highest BCUT2D eigenvalue weighted by molar-refractivity contribution is 5.96. The lowest BCUT2D eigenvalue weighted by Gasteiger charge is -2.27. The SMILES string of the molecule is CCCOCCOC(=O)C1=C(C)NC(=O)C[C@@H]1c1ccccc1OC. The van der Waals surface area contributed by atoms with E-state index >= 15 is 0 Å². The molecule has 0 saturated heterocycles. The molecule has 6 nitrogen and oxygen atoms in total. The second-order valence-electron chi connectivity index (χ2n) is 5.83. The molecule has 1 heterocycles. The first-order chi connectivity index (χ1) is 12.1. The highest BCUT2D eigenvalue weighted by Gasteiger charge is 2.34. The van der Waals surface area contributed by atoms with Crippen LogP contribution in [0.3, 0.4) is 0 Å². The molecule has 1 aliphatic heterocycles. The van der Waals surface area contributed by atoms with Crippen LogP contribution in [0.5, 0.6) is 5.75 Å².